The Kier molecular flexibility index (Phi) is 5.43. The normalized spacial score (nSPS) is 11.6. The van der Waals surface area contributed by atoms with E-state index in [1.165, 1.54) is 31.4 Å². The van der Waals surface area contributed by atoms with Gasteiger partial charge in [0.25, 0.3) is 0 Å². The fraction of sp³-hybridized carbons (Fsp3) is 0.333. The average Bonchev–Trinajstić information content (AvgIpc) is 2.94. The number of benzene rings is 1. The SMILES string of the molecule is COC(=O)c1sc(-c2ccc(OCC(F)(F)C(F)F)cc2)nc1C. The van der Waals surface area contributed by atoms with Crippen molar-refractivity contribution in [3.8, 4) is 16.3 Å². The smallest absolute Gasteiger partial charge is 0.349 e. The first kappa shape index (κ1) is 18.2. The van der Waals surface area contributed by atoms with E-state index < -0.39 is 24.9 Å². The zero-order chi connectivity index (χ0) is 17.9. The van der Waals surface area contributed by atoms with Gasteiger partial charge in [0.05, 0.1) is 12.8 Å². The van der Waals surface area contributed by atoms with Crippen LogP contribution in [0, 0.1) is 6.92 Å². The van der Waals surface area contributed by atoms with Crippen LogP contribution in [0.2, 0.25) is 0 Å². The van der Waals surface area contributed by atoms with Gasteiger partial charge in [-0.05, 0) is 31.2 Å². The van der Waals surface area contributed by atoms with Gasteiger partial charge >= 0.3 is 18.3 Å². The summed E-state index contributed by atoms with van der Waals surface area (Å²) in [5, 5.41) is 0.539. The minimum Gasteiger partial charge on any atom is -0.487 e. The number of carbonyl (C=O) groups is 1. The lowest BCUT2D eigenvalue weighted by molar-refractivity contribution is -0.148. The van der Waals surface area contributed by atoms with Gasteiger partial charge < -0.3 is 9.47 Å². The molecule has 0 fully saturated rings. The zero-order valence-electron chi connectivity index (χ0n) is 12.7. The molecule has 0 saturated carbocycles. The van der Waals surface area contributed by atoms with Crippen molar-refractivity contribution in [2.75, 3.05) is 13.7 Å². The molecule has 0 radical (unpaired) electrons. The maximum absolute atomic E-state index is 12.8. The molecule has 1 heterocycles. The number of hydrogen-bond donors (Lipinski definition) is 0. The summed E-state index contributed by atoms with van der Waals surface area (Å²) in [6, 6.07) is 5.81. The molecule has 0 amide bonds. The molecule has 4 nitrogen and oxygen atoms in total. The number of ether oxygens (including phenoxy) is 2. The number of nitrogens with zero attached hydrogens (tertiary/aromatic N) is 1. The minimum atomic E-state index is -4.21. The fourth-order valence-electron chi connectivity index (χ4n) is 1.74. The van der Waals surface area contributed by atoms with Crippen molar-refractivity contribution in [3.63, 3.8) is 0 Å². The maximum atomic E-state index is 12.8. The van der Waals surface area contributed by atoms with Crippen molar-refractivity contribution in [2.45, 2.75) is 19.3 Å². The Morgan fingerprint density at radius 3 is 2.46 bits per heavy atom. The molecule has 130 valence electrons. The summed E-state index contributed by atoms with van der Waals surface area (Å²) in [6.45, 7) is 0.253. The van der Waals surface area contributed by atoms with Crippen LogP contribution in [0.15, 0.2) is 24.3 Å². The van der Waals surface area contributed by atoms with Crippen LogP contribution in [0.4, 0.5) is 17.6 Å². The fourth-order valence-corrected chi connectivity index (χ4v) is 2.73. The van der Waals surface area contributed by atoms with E-state index in [2.05, 4.69) is 14.5 Å². The first-order chi connectivity index (χ1) is 11.2. The molecule has 0 N–H and O–H groups in total. The van der Waals surface area contributed by atoms with Crippen LogP contribution in [0.5, 0.6) is 5.75 Å². The predicted molar refractivity (Wildman–Crippen MR) is 80.1 cm³/mol. The highest BCUT2D eigenvalue weighted by Crippen LogP contribution is 2.30. The van der Waals surface area contributed by atoms with E-state index in [0.29, 0.717) is 21.1 Å². The number of esters is 1. The van der Waals surface area contributed by atoms with Gasteiger partial charge in [-0.1, -0.05) is 0 Å². The molecule has 0 atom stereocenters. The number of rotatable bonds is 6. The number of halogens is 4. The Hall–Kier alpha value is -2.16. The molecule has 0 saturated heterocycles. The summed E-state index contributed by atoms with van der Waals surface area (Å²) >= 11 is 1.13. The largest absolute Gasteiger partial charge is 0.487 e. The highest BCUT2D eigenvalue weighted by atomic mass is 32.1. The quantitative estimate of drug-likeness (QED) is 0.571. The molecular weight excluding hydrogens is 350 g/mol. The Bertz CT molecular complexity index is 716. The van der Waals surface area contributed by atoms with Gasteiger partial charge in [0.1, 0.15) is 15.6 Å². The Labute approximate surface area is 139 Å². The predicted octanol–water partition coefficient (Wildman–Crippen LogP) is 4.18. The first-order valence-electron chi connectivity index (χ1n) is 6.69. The summed E-state index contributed by atoms with van der Waals surface area (Å²) < 4.78 is 59.1. The highest BCUT2D eigenvalue weighted by molar-refractivity contribution is 7.17. The van der Waals surface area contributed by atoms with Crippen LogP contribution in [0.3, 0.4) is 0 Å². The monoisotopic (exact) mass is 363 g/mol. The number of methoxy groups -OCH3 is 1. The molecule has 24 heavy (non-hydrogen) atoms. The van der Waals surface area contributed by atoms with E-state index in [4.69, 9.17) is 0 Å². The van der Waals surface area contributed by atoms with Gasteiger partial charge in [-0.15, -0.1) is 11.3 Å². The van der Waals surface area contributed by atoms with E-state index in [9.17, 15) is 22.4 Å². The minimum absolute atomic E-state index is 0.0283. The summed E-state index contributed by atoms with van der Waals surface area (Å²) in [4.78, 5) is 16.2. The standard InChI is InChI=1S/C15H13F4NO3S/c1-8-11(13(21)22-2)24-12(20-8)9-3-5-10(6-4-9)23-7-15(18,19)14(16)17/h3-6,14H,7H2,1-2H3. The average molecular weight is 363 g/mol. The number of alkyl halides is 4. The van der Waals surface area contributed by atoms with E-state index >= 15 is 0 Å². The molecule has 9 heteroatoms. The molecule has 2 rings (SSSR count). The molecule has 1 aromatic heterocycles. The van der Waals surface area contributed by atoms with Crippen LogP contribution >= 0.6 is 11.3 Å². The second-order valence-electron chi connectivity index (χ2n) is 4.80. The van der Waals surface area contributed by atoms with E-state index in [0.717, 1.165) is 11.3 Å². The summed E-state index contributed by atoms with van der Waals surface area (Å²) in [5.41, 5.74) is 1.14. The summed E-state index contributed by atoms with van der Waals surface area (Å²) in [6.07, 6.45) is -3.79. The van der Waals surface area contributed by atoms with Crippen molar-refractivity contribution >= 4 is 17.3 Å². The second-order valence-corrected chi connectivity index (χ2v) is 5.80. The molecule has 0 aliphatic rings. The van der Waals surface area contributed by atoms with Gasteiger partial charge in [0.2, 0.25) is 0 Å². The van der Waals surface area contributed by atoms with E-state index in [1.807, 2.05) is 0 Å². The molecule has 0 spiro atoms. The van der Waals surface area contributed by atoms with E-state index in [1.54, 1.807) is 6.92 Å². The lowest BCUT2D eigenvalue weighted by Crippen LogP contribution is -2.33. The van der Waals surface area contributed by atoms with Crippen LogP contribution in [0.25, 0.3) is 10.6 Å². The highest BCUT2D eigenvalue weighted by Gasteiger charge is 2.41. The van der Waals surface area contributed by atoms with Crippen LogP contribution < -0.4 is 4.74 Å². The van der Waals surface area contributed by atoms with Crippen LogP contribution in [-0.4, -0.2) is 37.0 Å². The third kappa shape index (κ3) is 4.02. The van der Waals surface area contributed by atoms with Gasteiger partial charge in [0, 0.05) is 5.56 Å². The Balaban J connectivity index is 2.11. The zero-order valence-corrected chi connectivity index (χ0v) is 13.5. The van der Waals surface area contributed by atoms with Crippen molar-refractivity contribution in [1.29, 1.82) is 0 Å². The van der Waals surface area contributed by atoms with Gasteiger partial charge in [-0.3, -0.25) is 0 Å². The van der Waals surface area contributed by atoms with Crippen LogP contribution in [0.1, 0.15) is 15.4 Å². The second kappa shape index (κ2) is 7.16. The Morgan fingerprint density at radius 1 is 1.29 bits per heavy atom. The third-order valence-electron chi connectivity index (χ3n) is 3.02. The van der Waals surface area contributed by atoms with Crippen molar-refractivity contribution in [3.05, 3.63) is 34.8 Å². The molecule has 0 aliphatic carbocycles. The topological polar surface area (TPSA) is 48.4 Å². The number of hydrogen-bond acceptors (Lipinski definition) is 5. The molecule has 2 aromatic rings. The van der Waals surface area contributed by atoms with E-state index in [-0.39, 0.29) is 5.75 Å². The van der Waals surface area contributed by atoms with Crippen molar-refractivity contribution in [2.24, 2.45) is 0 Å². The number of thiazole rings is 1. The number of aromatic nitrogens is 1. The first-order valence-corrected chi connectivity index (χ1v) is 7.51. The van der Waals surface area contributed by atoms with Gasteiger partial charge in [0.15, 0.2) is 6.61 Å². The van der Waals surface area contributed by atoms with Gasteiger partial charge in [-0.25, -0.2) is 18.6 Å². The lowest BCUT2D eigenvalue weighted by Gasteiger charge is -2.15. The summed E-state index contributed by atoms with van der Waals surface area (Å²) in [7, 11) is 1.27. The number of carbonyl (C=O) groups excluding carboxylic acids is 1. The maximum Gasteiger partial charge on any atom is 0.349 e. The Morgan fingerprint density at radius 2 is 1.92 bits per heavy atom. The van der Waals surface area contributed by atoms with Crippen LogP contribution in [-0.2, 0) is 4.74 Å². The molecule has 0 aliphatic heterocycles. The third-order valence-corrected chi connectivity index (χ3v) is 4.21. The lowest BCUT2D eigenvalue weighted by atomic mass is 10.2. The molecular formula is C15H13F4NO3S. The van der Waals surface area contributed by atoms with Crippen molar-refractivity contribution in [1.82, 2.24) is 4.98 Å². The molecule has 0 unspecified atom stereocenters. The summed E-state index contributed by atoms with van der Waals surface area (Å²) in [5.74, 6) is -4.67. The van der Waals surface area contributed by atoms with Crippen molar-refractivity contribution < 1.29 is 31.8 Å². The van der Waals surface area contributed by atoms with Gasteiger partial charge in [-0.2, -0.15) is 8.78 Å². The molecule has 0 bridgehead atoms. The number of aryl methyl sites for hydroxylation is 1. The molecule has 1 aromatic carbocycles.